The first kappa shape index (κ1) is 15.2. The molecule has 0 aliphatic carbocycles. The van der Waals surface area contributed by atoms with Crippen molar-refractivity contribution in [1.82, 2.24) is 5.32 Å². The molecular weight excluding hydrogens is 281 g/mol. The van der Waals surface area contributed by atoms with Gasteiger partial charge in [0, 0.05) is 6.07 Å². The van der Waals surface area contributed by atoms with Crippen molar-refractivity contribution in [3.05, 3.63) is 30.1 Å². The number of carboxylic acid groups (broad SMARTS) is 1. The lowest BCUT2D eigenvalue weighted by Crippen LogP contribution is -2.47. The predicted molar refractivity (Wildman–Crippen MR) is 70.4 cm³/mol. The molecule has 2 N–H and O–H groups in total. The zero-order chi connectivity index (χ0) is 15.4. The average Bonchev–Trinajstić information content (AvgIpc) is 2.87. The van der Waals surface area contributed by atoms with Crippen molar-refractivity contribution >= 4 is 11.9 Å². The number of rotatable bonds is 5. The highest BCUT2D eigenvalue weighted by atomic mass is 19.1. The molecule has 1 aliphatic rings. The second-order valence-corrected chi connectivity index (χ2v) is 4.81. The molecule has 1 heterocycles. The highest BCUT2D eigenvalue weighted by molar-refractivity contribution is 5.82. The van der Waals surface area contributed by atoms with Gasteiger partial charge in [-0.2, -0.15) is 0 Å². The molecule has 114 valence electrons. The number of carbonyl (C=O) groups is 2. The smallest absolute Gasteiger partial charge is 0.311 e. The van der Waals surface area contributed by atoms with Crippen LogP contribution >= 0.6 is 0 Å². The molecule has 3 unspecified atom stereocenters. The lowest BCUT2D eigenvalue weighted by atomic mass is 10.0. The van der Waals surface area contributed by atoms with Crippen molar-refractivity contribution in [1.29, 1.82) is 0 Å². The molecule has 1 fully saturated rings. The molecule has 0 radical (unpaired) electrons. The van der Waals surface area contributed by atoms with Crippen LogP contribution in [0.2, 0.25) is 0 Å². The van der Waals surface area contributed by atoms with E-state index >= 15 is 0 Å². The standard InChI is InChI=1S/C14H16FNO5/c1-8(21-10-4-2-3-9(15)5-10)13(17)16-12-7-20-6-11(12)14(18)19/h2-5,8,11-12H,6-7H2,1H3,(H,16,17)(H,18,19). The van der Waals surface area contributed by atoms with Gasteiger partial charge in [0.05, 0.1) is 19.3 Å². The summed E-state index contributed by atoms with van der Waals surface area (Å²) in [6.07, 6.45) is -0.873. The number of benzene rings is 1. The highest BCUT2D eigenvalue weighted by Gasteiger charge is 2.36. The third-order valence-electron chi connectivity index (χ3n) is 3.20. The zero-order valence-corrected chi connectivity index (χ0v) is 11.4. The number of nitrogens with one attached hydrogen (secondary N) is 1. The molecule has 1 saturated heterocycles. The van der Waals surface area contributed by atoms with E-state index in [-0.39, 0.29) is 19.0 Å². The van der Waals surface area contributed by atoms with Gasteiger partial charge < -0.3 is 19.9 Å². The maximum Gasteiger partial charge on any atom is 0.311 e. The molecule has 1 aromatic carbocycles. The number of hydrogen-bond acceptors (Lipinski definition) is 4. The van der Waals surface area contributed by atoms with Crippen LogP contribution < -0.4 is 10.1 Å². The zero-order valence-electron chi connectivity index (χ0n) is 11.4. The van der Waals surface area contributed by atoms with Gasteiger partial charge >= 0.3 is 5.97 Å². The SMILES string of the molecule is CC(Oc1cccc(F)c1)C(=O)NC1COCC1C(=O)O. The third kappa shape index (κ3) is 3.91. The van der Waals surface area contributed by atoms with E-state index in [4.69, 9.17) is 14.6 Å². The van der Waals surface area contributed by atoms with Gasteiger partial charge in [-0.05, 0) is 19.1 Å². The Balaban J connectivity index is 1.92. The van der Waals surface area contributed by atoms with Crippen LogP contribution in [-0.2, 0) is 14.3 Å². The lowest BCUT2D eigenvalue weighted by molar-refractivity contribution is -0.142. The summed E-state index contributed by atoms with van der Waals surface area (Å²) in [6, 6.07) is 4.85. The number of aliphatic carboxylic acids is 1. The van der Waals surface area contributed by atoms with Crippen molar-refractivity contribution in [3.63, 3.8) is 0 Å². The second kappa shape index (κ2) is 6.53. The van der Waals surface area contributed by atoms with Gasteiger partial charge in [0.25, 0.3) is 5.91 Å². The molecule has 0 bridgehead atoms. The van der Waals surface area contributed by atoms with Gasteiger partial charge in [-0.1, -0.05) is 6.07 Å². The minimum absolute atomic E-state index is 0.0689. The molecule has 1 amide bonds. The Morgan fingerprint density at radius 1 is 1.48 bits per heavy atom. The van der Waals surface area contributed by atoms with Gasteiger partial charge in [-0.3, -0.25) is 9.59 Å². The summed E-state index contributed by atoms with van der Waals surface area (Å²) >= 11 is 0. The summed E-state index contributed by atoms with van der Waals surface area (Å²) in [5.74, 6) is -2.49. The maximum atomic E-state index is 13.0. The molecule has 21 heavy (non-hydrogen) atoms. The number of carbonyl (C=O) groups excluding carboxylic acids is 1. The van der Waals surface area contributed by atoms with E-state index in [2.05, 4.69) is 5.32 Å². The molecule has 2 rings (SSSR count). The first-order valence-electron chi connectivity index (χ1n) is 6.50. The topological polar surface area (TPSA) is 84.9 Å². The van der Waals surface area contributed by atoms with Gasteiger partial charge in [-0.25, -0.2) is 4.39 Å². The Labute approximate surface area is 120 Å². The van der Waals surface area contributed by atoms with Crippen LogP contribution in [0.15, 0.2) is 24.3 Å². The normalized spacial score (nSPS) is 22.6. The maximum absolute atomic E-state index is 13.0. The molecule has 3 atom stereocenters. The minimum atomic E-state index is -1.02. The lowest BCUT2D eigenvalue weighted by Gasteiger charge is -2.19. The van der Waals surface area contributed by atoms with Crippen molar-refractivity contribution in [2.45, 2.75) is 19.1 Å². The van der Waals surface area contributed by atoms with E-state index in [1.54, 1.807) is 0 Å². The summed E-state index contributed by atoms with van der Waals surface area (Å²) in [6.45, 7) is 1.72. The number of ether oxygens (including phenoxy) is 2. The van der Waals surface area contributed by atoms with Gasteiger partial charge in [0.1, 0.15) is 17.5 Å². The largest absolute Gasteiger partial charge is 0.481 e. The van der Waals surface area contributed by atoms with Crippen LogP contribution in [0.3, 0.4) is 0 Å². The van der Waals surface area contributed by atoms with E-state index in [0.29, 0.717) is 0 Å². The van der Waals surface area contributed by atoms with Gasteiger partial charge in [0.2, 0.25) is 0 Å². The van der Waals surface area contributed by atoms with Crippen molar-refractivity contribution < 1.29 is 28.6 Å². The van der Waals surface area contributed by atoms with Crippen LogP contribution in [0, 0.1) is 11.7 Å². The van der Waals surface area contributed by atoms with E-state index in [9.17, 15) is 14.0 Å². The second-order valence-electron chi connectivity index (χ2n) is 4.81. The molecular formula is C14H16FNO5. The van der Waals surface area contributed by atoms with Crippen LogP contribution in [0.4, 0.5) is 4.39 Å². The number of carboxylic acids is 1. The molecule has 6 nitrogen and oxygen atoms in total. The first-order valence-corrected chi connectivity index (χ1v) is 6.50. The van der Waals surface area contributed by atoms with Crippen LogP contribution in [0.1, 0.15) is 6.92 Å². The Bertz CT molecular complexity index is 536. The van der Waals surface area contributed by atoms with Crippen molar-refractivity contribution in [3.8, 4) is 5.75 Å². The minimum Gasteiger partial charge on any atom is -0.481 e. The molecule has 0 spiro atoms. The van der Waals surface area contributed by atoms with Crippen molar-refractivity contribution in [2.24, 2.45) is 5.92 Å². The third-order valence-corrected chi connectivity index (χ3v) is 3.20. The fraction of sp³-hybridized carbons (Fsp3) is 0.429. The highest BCUT2D eigenvalue weighted by Crippen LogP contribution is 2.16. The quantitative estimate of drug-likeness (QED) is 0.840. The first-order chi connectivity index (χ1) is 9.97. The summed E-state index contributed by atoms with van der Waals surface area (Å²) in [5.41, 5.74) is 0. The Morgan fingerprint density at radius 3 is 2.90 bits per heavy atom. The van der Waals surface area contributed by atoms with Crippen molar-refractivity contribution in [2.75, 3.05) is 13.2 Å². The van der Waals surface area contributed by atoms with Crippen LogP contribution in [0.5, 0.6) is 5.75 Å². The summed E-state index contributed by atoms with van der Waals surface area (Å²) in [4.78, 5) is 23.0. The monoisotopic (exact) mass is 297 g/mol. The van der Waals surface area contributed by atoms with Crippen LogP contribution in [-0.4, -0.2) is 42.3 Å². The molecule has 0 aromatic heterocycles. The molecule has 1 aromatic rings. The summed E-state index contributed by atoms with van der Waals surface area (Å²) in [7, 11) is 0. The number of halogens is 1. The number of hydrogen-bond donors (Lipinski definition) is 2. The Hall–Kier alpha value is -2.15. The molecule has 0 saturated carbocycles. The van der Waals surface area contributed by atoms with E-state index in [0.717, 1.165) is 0 Å². The summed E-state index contributed by atoms with van der Waals surface area (Å²) in [5, 5.41) is 11.6. The predicted octanol–water partition coefficient (Wildman–Crippen LogP) is 0.809. The van der Waals surface area contributed by atoms with E-state index < -0.39 is 35.8 Å². The van der Waals surface area contributed by atoms with Gasteiger partial charge in [-0.15, -0.1) is 0 Å². The molecule has 1 aliphatic heterocycles. The van der Waals surface area contributed by atoms with E-state index in [1.807, 2.05) is 0 Å². The number of amides is 1. The fourth-order valence-electron chi connectivity index (χ4n) is 2.04. The average molecular weight is 297 g/mol. The fourth-order valence-corrected chi connectivity index (χ4v) is 2.04. The summed E-state index contributed by atoms with van der Waals surface area (Å²) < 4.78 is 23.4. The van der Waals surface area contributed by atoms with E-state index in [1.165, 1.54) is 31.2 Å². The molecule has 7 heteroatoms. The Morgan fingerprint density at radius 2 is 2.24 bits per heavy atom. The van der Waals surface area contributed by atoms with Gasteiger partial charge in [0.15, 0.2) is 6.10 Å². The van der Waals surface area contributed by atoms with Crippen LogP contribution in [0.25, 0.3) is 0 Å². The Kier molecular flexibility index (Phi) is 4.74.